The van der Waals surface area contributed by atoms with Crippen molar-refractivity contribution in [3.05, 3.63) is 53.2 Å². The Morgan fingerprint density at radius 1 is 1.22 bits per heavy atom. The highest BCUT2D eigenvalue weighted by Gasteiger charge is 2.01. The molecule has 0 saturated heterocycles. The fraction of sp³-hybridized carbons (Fsp3) is 0.214. The van der Waals surface area contributed by atoms with Crippen molar-refractivity contribution in [1.82, 2.24) is 4.98 Å². The first-order valence-corrected chi connectivity index (χ1v) is 6.14. The minimum atomic E-state index is 0.644. The minimum absolute atomic E-state index is 0.644. The number of anilines is 1. The number of aromatic nitrogens is 1. The first-order valence-electron chi connectivity index (χ1n) is 5.77. The molecular formula is C14H15ClN2O. The van der Waals surface area contributed by atoms with Gasteiger partial charge in [-0.05, 0) is 30.2 Å². The molecule has 0 atom stereocenters. The Bertz CT molecular complexity index is 499. The highest BCUT2D eigenvalue weighted by molar-refractivity contribution is 6.30. The maximum atomic E-state index is 5.77. The summed E-state index contributed by atoms with van der Waals surface area (Å²) in [5, 5.41) is 3.89. The number of hydrogen-bond acceptors (Lipinski definition) is 3. The molecule has 0 aliphatic rings. The number of halogens is 1. The average molecular weight is 263 g/mol. The highest BCUT2D eigenvalue weighted by Crippen LogP contribution is 2.17. The minimum Gasteiger partial charge on any atom is -0.496 e. The number of pyridine rings is 1. The molecule has 1 aromatic heterocycles. The quantitative estimate of drug-likeness (QED) is 0.897. The van der Waals surface area contributed by atoms with Gasteiger partial charge in [-0.1, -0.05) is 29.8 Å². The number of nitrogens with zero attached hydrogens (tertiary/aromatic N) is 1. The van der Waals surface area contributed by atoms with Gasteiger partial charge in [0.25, 0.3) is 0 Å². The number of hydrogen-bond donors (Lipinski definition) is 1. The number of para-hydroxylation sites is 1. The van der Waals surface area contributed by atoms with Crippen LogP contribution in [-0.2, 0) is 6.42 Å². The van der Waals surface area contributed by atoms with Crippen molar-refractivity contribution < 1.29 is 4.74 Å². The van der Waals surface area contributed by atoms with Crippen molar-refractivity contribution in [2.24, 2.45) is 0 Å². The van der Waals surface area contributed by atoms with E-state index in [1.165, 1.54) is 5.56 Å². The predicted octanol–water partition coefficient (Wildman–Crippen LogP) is 3.40. The lowest BCUT2D eigenvalue weighted by Crippen LogP contribution is -2.06. The van der Waals surface area contributed by atoms with Crippen LogP contribution >= 0.6 is 11.6 Å². The van der Waals surface area contributed by atoms with Crippen LogP contribution in [0.4, 0.5) is 5.82 Å². The van der Waals surface area contributed by atoms with Crippen molar-refractivity contribution in [3.8, 4) is 5.75 Å². The van der Waals surface area contributed by atoms with Gasteiger partial charge in [0.05, 0.1) is 12.1 Å². The van der Waals surface area contributed by atoms with Crippen molar-refractivity contribution in [2.45, 2.75) is 6.42 Å². The van der Waals surface area contributed by atoms with E-state index >= 15 is 0 Å². The molecule has 0 unspecified atom stereocenters. The lowest BCUT2D eigenvalue weighted by molar-refractivity contribution is 0.410. The zero-order valence-electron chi connectivity index (χ0n) is 10.2. The van der Waals surface area contributed by atoms with E-state index in [1.807, 2.05) is 30.3 Å². The van der Waals surface area contributed by atoms with E-state index in [0.29, 0.717) is 5.02 Å². The molecule has 2 aromatic rings. The summed E-state index contributed by atoms with van der Waals surface area (Å²) < 4.78 is 5.30. The summed E-state index contributed by atoms with van der Waals surface area (Å²) in [6.07, 6.45) is 2.52. The molecule has 18 heavy (non-hydrogen) atoms. The van der Waals surface area contributed by atoms with E-state index in [2.05, 4.69) is 16.4 Å². The van der Waals surface area contributed by atoms with Gasteiger partial charge in [0.1, 0.15) is 11.6 Å². The van der Waals surface area contributed by atoms with Crippen LogP contribution in [0.1, 0.15) is 5.56 Å². The third-order valence-corrected chi connectivity index (χ3v) is 2.84. The van der Waals surface area contributed by atoms with Crippen molar-refractivity contribution in [2.75, 3.05) is 19.0 Å². The Kier molecular flexibility index (Phi) is 4.42. The van der Waals surface area contributed by atoms with Crippen molar-refractivity contribution in [1.29, 1.82) is 0 Å². The van der Waals surface area contributed by atoms with Gasteiger partial charge in [-0.15, -0.1) is 0 Å². The predicted molar refractivity (Wildman–Crippen MR) is 74.4 cm³/mol. The average Bonchev–Trinajstić information content (AvgIpc) is 2.41. The zero-order valence-corrected chi connectivity index (χ0v) is 10.9. The molecule has 0 bridgehead atoms. The smallest absolute Gasteiger partial charge is 0.125 e. The van der Waals surface area contributed by atoms with Gasteiger partial charge < -0.3 is 10.1 Å². The summed E-state index contributed by atoms with van der Waals surface area (Å²) in [7, 11) is 1.69. The summed E-state index contributed by atoms with van der Waals surface area (Å²) >= 11 is 5.77. The molecule has 2 rings (SSSR count). The lowest BCUT2D eigenvalue weighted by atomic mass is 10.1. The van der Waals surface area contributed by atoms with Gasteiger partial charge in [0.2, 0.25) is 0 Å². The van der Waals surface area contributed by atoms with Gasteiger partial charge >= 0.3 is 0 Å². The van der Waals surface area contributed by atoms with Crippen molar-refractivity contribution >= 4 is 17.4 Å². The van der Waals surface area contributed by atoms with E-state index < -0.39 is 0 Å². The topological polar surface area (TPSA) is 34.1 Å². The molecule has 0 amide bonds. The number of ether oxygens (including phenoxy) is 1. The summed E-state index contributed by atoms with van der Waals surface area (Å²) in [5.41, 5.74) is 1.18. The lowest BCUT2D eigenvalue weighted by Gasteiger charge is -2.09. The maximum Gasteiger partial charge on any atom is 0.125 e. The van der Waals surface area contributed by atoms with Crippen LogP contribution in [0.5, 0.6) is 5.75 Å². The van der Waals surface area contributed by atoms with Crippen LogP contribution in [0.25, 0.3) is 0 Å². The molecule has 0 aliphatic heterocycles. The van der Waals surface area contributed by atoms with E-state index in [-0.39, 0.29) is 0 Å². The molecule has 0 aliphatic carbocycles. The highest BCUT2D eigenvalue weighted by atomic mass is 35.5. The van der Waals surface area contributed by atoms with Crippen LogP contribution in [0.15, 0.2) is 42.6 Å². The number of benzene rings is 1. The molecule has 0 saturated carbocycles. The van der Waals surface area contributed by atoms with Crippen molar-refractivity contribution in [3.63, 3.8) is 0 Å². The Labute approximate surface area is 112 Å². The molecule has 0 spiro atoms. The summed E-state index contributed by atoms with van der Waals surface area (Å²) in [4.78, 5) is 4.18. The molecule has 0 radical (unpaired) electrons. The van der Waals surface area contributed by atoms with E-state index in [0.717, 1.165) is 24.5 Å². The van der Waals surface area contributed by atoms with Crippen LogP contribution in [0.2, 0.25) is 5.02 Å². The fourth-order valence-corrected chi connectivity index (χ4v) is 1.83. The Balaban J connectivity index is 1.90. The molecule has 1 heterocycles. The fourth-order valence-electron chi connectivity index (χ4n) is 1.72. The zero-order chi connectivity index (χ0) is 12.8. The summed E-state index contributed by atoms with van der Waals surface area (Å²) in [6, 6.07) is 11.7. The maximum absolute atomic E-state index is 5.77. The monoisotopic (exact) mass is 262 g/mol. The Morgan fingerprint density at radius 2 is 2.06 bits per heavy atom. The van der Waals surface area contributed by atoms with E-state index in [1.54, 1.807) is 13.3 Å². The van der Waals surface area contributed by atoms with Crippen LogP contribution in [0, 0.1) is 0 Å². The molecule has 1 N–H and O–H groups in total. The molecule has 94 valence electrons. The van der Waals surface area contributed by atoms with Gasteiger partial charge in [0, 0.05) is 12.7 Å². The molecule has 3 nitrogen and oxygen atoms in total. The number of methoxy groups -OCH3 is 1. The van der Waals surface area contributed by atoms with Gasteiger partial charge in [0.15, 0.2) is 0 Å². The normalized spacial score (nSPS) is 10.1. The summed E-state index contributed by atoms with van der Waals surface area (Å²) in [5.74, 6) is 1.75. The second-order valence-electron chi connectivity index (χ2n) is 3.85. The molecule has 1 aromatic carbocycles. The van der Waals surface area contributed by atoms with Crippen LogP contribution < -0.4 is 10.1 Å². The molecule has 4 heteroatoms. The Morgan fingerprint density at radius 3 is 2.78 bits per heavy atom. The standard InChI is InChI=1S/C14H15ClN2O/c1-18-13-5-3-2-4-11(13)8-9-16-14-7-6-12(15)10-17-14/h2-7,10H,8-9H2,1H3,(H,16,17). The number of nitrogens with one attached hydrogen (secondary N) is 1. The van der Waals surface area contributed by atoms with Crippen LogP contribution in [0.3, 0.4) is 0 Å². The van der Waals surface area contributed by atoms with E-state index in [9.17, 15) is 0 Å². The third kappa shape index (κ3) is 3.37. The largest absolute Gasteiger partial charge is 0.496 e. The van der Waals surface area contributed by atoms with Gasteiger partial charge in [-0.2, -0.15) is 0 Å². The van der Waals surface area contributed by atoms with Gasteiger partial charge in [-0.3, -0.25) is 0 Å². The first kappa shape index (κ1) is 12.7. The molecular weight excluding hydrogens is 248 g/mol. The number of rotatable bonds is 5. The first-order chi connectivity index (χ1) is 8.79. The van der Waals surface area contributed by atoms with Crippen LogP contribution in [-0.4, -0.2) is 18.6 Å². The summed E-state index contributed by atoms with van der Waals surface area (Å²) in [6.45, 7) is 0.801. The van der Waals surface area contributed by atoms with Gasteiger partial charge in [-0.25, -0.2) is 4.98 Å². The SMILES string of the molecule is COc1ccccc1CCNc1ccc(Cl)cn1. The second kappa shape index (κ2) is 6.26. The Hall–Kier alpha value is -1.74. The second-order valence-corrected chi connectivity index (χ2v) is 4.29. The third-order valence-electron chi connectivity index (χ3n) is 2.62. The van der Waals surface area contributed by atoms with E-state index in [4.69, 9.17) is 16.3 Å². The molecule has 0 fully saturated rings.